The van der Waals surface area contributed by atoms with Gasteiger partial charge in [-0.15, -0.1) is 0 Å². The number of hydrogen-bond donors (Lipinski definition) is 2. The molecular formula is C11H15ClN2O2. The Morgan fingerprint density at radius 3 is 2.88 bits per heavy atom. The predicted molar refractivity (Wildman–Crippen MR) is 61.5 cm³/mol. The molecule has 4 nitrogen and oxygen atoms in total. The molecule has 0 bridgehead atoms. The smallest absolute Gasteiger partial charge is 0.270 e. The first kappa shape index (κ1) is 11.5. The topological polar surface area (TPSA) is 56.3 Å². The van der Waals surface area contributed by atoms with E-state index in [1.54, 1.807) is 24.2 Å². The molecule has 1 aliphatic carbocycles. The zero-order valence-corrected chi connectivity index (χ0v) is 9.87. The standard InChI is InChI=1S/C11H15ClN2O2/c1-14(6-7-2-9(15)3-7)11(16)10-4-8(12)5-13-10/h4-5,7,9,13,15H,2-3,6H2,1H3. The fraction of sp³-hybridized carbons (Fsp3) is 0.545. The van der Waals surface area contributed by atoms with Gasteiger partial charge in [-0.1, -0.05) is 11.6 Å². The molecule has 0 aliphatic heterocycles. The molecule has 1 saturated carbocycles. The lowest BCUT2D eigenvalue weighted by atomic mass is 9.82. The molecule has 0 aromatic carbocycles. The molecule has 1 heterocycles. The van der Waals surface area contributed by atoms with Gasteiger partial charge in [-0.05, 0) is 24.8 Å². The molecular weight excluding hydrogens is 228 g/mol. The third-order valence-corrected chi connectivity index (χ3v) is 3.19. The van der Waals surface area contributed by atoms with Crippen molar-refractivity contribution in [3.05, 3.63) is 23.0 Å². The molecule has 1 aliphatic rings. The molecule has 0 atom stereocenters. The van der Waals surface area contributed by atoms with Crippen LogP contribution in [0.2, 0.25) is 5.02 Å². The number of amides is 1. The molecule has 1 fully saturated rings. The number of H-pyrrole nitrogens is 1. The van der Waals surface area contributed by atoms with Gasteiger partial charge in [-0.2, -0.15) is 0 Å². The van der Waals surface area contributed by atoms with E-state index >= 15 is 0 Å². The fourth-order valence-corrected chi connectivity index (χ4v) is 2.18. The summed E-state index contributed by atoms with van der Waals surface area (Å²) in [6.07, 6.45) is 3.01. The second-order valence-electron chi connectivity index (χ2n) is 4.41. The van der Waals surface area contributed by atoms with Crippen molar-refractivity contribution in [2.45, 2.75) is 18.9 Å². The number of carbonyl (C=O) groups excluding carboxylic acids is 1. The van der Waals surface area contributed by atoms with Gasteiger partial charge in [0.05, 0.1) is 11.1 Å². The Kier molecular flexibility index (Phi) is 3.21. The minimum Gasteiger partial charge on any atom is -0.393 e. The van der Waals surface area contributed by atoms with Gasteiger partial charge >= 0.3 is 0 Å². The number of aliphatic hydroxyl groups is 1. The van der Waals surface area contributed by atoms with Crippen molar-refractivity contribution >= 4 is 17.5 Å². The van der Waals surface area contributed by atoms with E-state index in [2.05, 4.69) is 4.98 Å². The van der Waals surface area contributed by atoms with E-state index in [4.69, 9.17) is 16.7 Å². The zero-order chi connectivity index (χ0) is 11.7. The maximum Gasteiger partial charge on any atom is 0.270 e. The summed E-state index contributed by atoms with van der Waals surface area (Å²) in [7, 11) is 1.77. The number of nitrogens with one attached hydrogen (secondary N) is 1. The van der Waals surface area contributed by atoms with Gasteiger partial charge in [0.1, 0.15) is 5.69 Å². The number of halogens is 1. The highest BCUT2D eigenvalue weighted by molar-refractivity contribution is 6.30. The maximum absolute atomic E-state index is 11.9. The van der Waals surface area contributed by atoms with Crippen LogP contribution in [-0.4, -0.2) is 40.6 Å². The number of aromatic nitrogens is 1. The van der Waals surface area contributed by atoms with Crippen LogP contribution in [0, 0.1) is 5.92 Å². The van der Waals surface area contributed by atoms with Crippen molar-refractivity contribution in [1.82, 2.24) is 9.88 Å². The SMILES string of the molecule is CN(CC1CC(O)C1)C(=O)c1cc(Cl)c[nH]1. The number of aliphatic hydroxyl groups excluding tert-OH is 1. The van der Waals surface area contributed by atoms with Crippen molar-refractivity contribution in [2.75, 3.05) is 13.6 Å². The molecule has 0 saturated heterocycles. The normalized spacial score (nSPS) is 23.9. The van der Waals surface area contributed by atoms with E-state index in [1.165, 1.54) is 0 Å². The highest BCUT2D eigenvalue weighted by Crippen LogP contribution is 2.27. The molecule has 1 amide bonds. The van der Waals surface area contributed by atoms with Gasteiger partial charge in [0.15, 0.2) is 0 Å². The molecule has 16 heavy (non-hydrogen) atoms. The molecule has 0 spiro atoms. The molecule has 1 aromatic heterocycles. The molecule has 5 heteroatoms. The second-order valence-corrected chi connectivity index (χ2v) is 4.84. The first-order chi connectivity index (χ1) is 7.56. The van der Waals surface area contributed by atoms with Gasteiger partial charge in [-0.25, -0.2) is 0 Å². The maximum atomic E-state index is 11.9. The van der Waals surface area contributed by atoms with Crippen LogP contribution in [0.15, 0.2) is 12.3 Å². The minimum absolute atomic E-state index is 0.0618. The van der Waals surface area contributed by atoms with E-state index in [1.807, 2.05) is 0 Å². The molecule has 0 unspecified atom stereocenters. The minimum atomic E-state index is -0.173. The third kappa shape index (κ3) is 2.39. The Morgan fingerprint density at radius 2 is 2.38 bits per heavy atom. The molecule has 1 aromatic rings. The molecule has 2 rings (SSSR count). The van der Waals surface area contributed by atoms with Gasteiger partial charge in [0.2, 0.25) is 0 Å². The summed E-state index contributed by atoms with van der Waals surface area (Å²) in [6, 6.07) is 1.62. The summed E-state index contributed by atoms with van der Waals surface area (Å²) >= 11 is 5.74. The van der Waals surface area contributed by atoms with Crippen molar-refractivity contribution in [2.24, 2.45) is 5.92 Å². The van der Waals surface area contributed by atoms with E-state index in [0.29, 0.717) is 23.2 Å². The Balaban J connectivity index is 1.89. The quantitative estimate of drug-likeness (QED) is 0.844. The lowest BCUT2D eigenvalue weighted by Crippen LogP contribution is -2.39. The van der Waals surface area contributed by atoms with Crippen molar-refractivity contribution in [3.8, 4) is 0 Å². The largest absolute Gasteiger partial charge is 0.393 e. The van der Waals surface area contributed by atoms with E-state index in [0.717, 1.165) is 12.8 Å². The van der Waals surface area contributed by atoms with Crippen LogP contribution in [0.5, 0.6) is 0 Å². The summed E-state index contributed by atoms with van der Waals surface area (Å²) in [5.41, 5.74) is 0.507. The van der Waals surface area contributed by atoms with Gasteiger partial charge in [-0.3, -0.25) is 4.79 Å². The summed E-state index contributed by atoms with van der Waals surface area (Å²) in [6.45, 7) is 0.687. The van der Waals surface area contributed by atoms with Crippen LogP contribution >= 0.6 is 11.6 Å². The summed E-state index contributed by atoms with van der Waals surface area (Å²) < 4.78 is 0. The number of carbonyl (C=O) groups is 1. The predicted octanol–water partition coefficient (Wildman–Crippen LogP) is 1.51. The lowest BCUT2D eigenvalue weighted by Gasteiger charge is -2.34. The van der Waals surface area contributed by atoms with Crippen LogP contribution in [0.1, 0.15) is 23.3 Å². The van der Waals surface area contributed by atoms with Gasteiger partial charge < -0.3 is 15.0 Å². The Bertz CT molecular complexity index is 385. The molecule has 88 valence electrons. The average Bonchev–Trinajstić information content (AvgIpc) is 2.61. The monoisotopic (exact) mass is 242 g/mol. The average molecular weight is 243 g/mol. The lowest BCUT2D eigenvalue weighted by molar-refractivity contribution is 0.0264. The number of hydrogen-bond acceptors (Lipinski definition) is 2. The van der Waals surface area contributed by atoms with E-state index in [9.17, 15) is 4.79 Å². The van der Waals surface area contributed by atoms with Crippen LogP contribution in [0.25, 0.3) is 0 Å². The van der Waals surface area contributed by atoms with Gasteiger partial charge in [0.25, 0.3) is 5.91 Å². The second kappa shape index (κ2) is 4.47. The number of rotatable bonds is 3. The van der Waals surface area contributed by atoms with Crippen molar-refractivity contribution in [1.29, 1.82) is 0 Å². The first-order valence-corrected chi connectivity index (χ1v) is 5.71. The van der Waals surface area contributed by atoms with Crippen molar-refractivity contribution < 1.29 is 9.90 Å². The Morgan fingerprint density at radius 1 is 1.69 bits per heavy atom. The van der Waals surface area contributed by atoms with Crippen LogP contribution in [0.3, 0.4) is 0 Å². The van der Waals surface area contributed by atoms with Crippen LogP contribution in [0.4, 0.5) is 0 Å². The summed E-state index contributed by atoms with van der Waals surface area (Å²) in [5, 5.41) is 9.70. The van der Waals surface area contributed by atoms with E-state index in [-0.39, 0.29) is 12.0 Å². The third-order valence-electron chi connectivity index (χ3n) is 2.97. The molecule has 2 N–H and O–H groups in total. The van der Waals surface area contributed by atoms with Crippen LogP contribution < -0.4 is 0 Å². The highest BCUT2D eigenvalue weighted by Gasteiger charge is 2.29. The fourth-order valence-electron chi connectivity index (χ4n) is 2.02. The highest BCUT2D eigenvalue weighted by atomic mass is 35.5. The number of nitrogens with zero attached hydrogens (tertiary/aromatic N) is 1. The van der Waals surface area contributed by atoms with Gasteiger partial charge in [0, 0.05) is 19.8 Å². The zero-order valence-electron chi connectivity index (χ0n) is 9.11. The molecule has 0 radical (unpaired) electrons. The van der Waals surface area contributed by atoms with Crippen molar-refractivity contribution in [3.63, 3.8) is 0 Å². The van der Waals surface area contributed by atoms with E-state index < -0.39 is 0 Å². The summed E-state index contributed by atoms with van der Waals surface area (Å²) in [4.78, 5) is 16.4. The Hall–Kier alpha value is -1.00. The van der Waals surface area contributed by atoms with Crippen LogP contribution in [-0.2, 0) is 0 Å². The summed E-state index contributed by atoms with van der Waals surface area (Å²) in [5.74, 6) is 0.364. The number of aromatic amines is 1. The first-order valence-electron chi connectivity index (χ1n) is 5.33. The Labute approximate surface area is 99.2 Å².